The molecule has 0 aromatic carbocycles. The normalized spacial score (nSPS) is 35.7. The van der Waals surface area contributed by atoms with E-state index in [2.05, 4.69) is 25.0 Å². The Labute approximate surface area is 103 Å². The first kappa shape index (κ1) is 11.3. The fourth-order valence-electron chi connectivity index (χ4n) is 3.68. The van der Waals surface area contributed by atoms with Crippen LogP contribution in [-0.4, -0.2) is 14.9 Å². The molecule has 2 saturated carbocycles. The lowest BCUT2D eigenvalue weighted by Crippen LogP contribution is -2.17. The first-order valence-electron chi connectivity index (χ1n) is 7.01. The summed E-state index contributed by atoms with van der Waals surface area (Å²) < 4.78 is 2.01. The van der Waals surface area contributed by atoms with Crippen LogP contribution in [0.1, 0.15) is 50.9 Å². The molecule has 0 spiro atoms. The fourth-order valence-corrected chi connectivity index (χ4v) is 3.68. The molecule has 1 aromatic rings. The maximum atomic E-state index is 10.9. The molecule has 0 radical (unpaired) electrons. The third kappa shape index (κ3) is 1.48. The van der Waals surface area contributed by atoms with Gasteiger partial charge in [-0.05, 0) is 44.1 Å². The minimum absolute atomic E-state index is 0.503. The number of rotatable bonds is 3. The van der Waals surface area contributed by atoms with Crippen molar-refractivity contribution in [2.75, 3.05) is 0 Å². The third-order valence-electron chi connectivity index (χ3n) is 4.69. The van der Waals surface area contributed by atoms with E-state index < -0.39 is 5.60 Å². The molecule has 0 saturated heterocycles. The van der Waals surface area contributed by atoms with Gasteiger partial charge in [-0.3, -0.25) is 4.68 Å². The van der Waals surface area contributed by atoms with Gasteiger partial charge >= 0.3 is 0 Å². The van der Waals surface area contributed by atoms with Gasteiger partial charge in [0.15, 0.2) is 0 Å². The molecule has 0 amide bonds. The van der Waals surface area contributed by atoms with Gasteiger partial charge in [0, 0.05) is 6.54 Å². The van der Waals surface area contributed by atoms with Crippen molar-refractivity contribution in [3.8, 4) is 0 Å². The molecule has 3 rings (SSSR count). The Morgan fingerprint density at radius 1 is 1.35 bits per heavy atom. The molecule has 94 valence electrons. The number of nitrogens with zero attached hydrogens (tertiary/aromatic N) is 2. The lowest BCUT2D eigenvalue weighted by Gasteiger charge is -2.12. The molecule has 0 aliphatic heterocycles. The van der Waals surface area contributed by atoms with Crippen LogP contribution < -0.4 is 0 Å². The number of aliphatic hydroxyl groups is 1. The van der Waals surface area contributed by atoms with Crippen molar-refractivity contribution in [1.82, 2.24) is 9.78 Å². The van der Waals surface area contributed by atoms with Crippen LogP contribution in [0.5, 0.6) is 0 Å². The summed E-state index contributed by atoms with van der Waals surface area (Å²) in [6.45, 7) is 5.08. The van der Waals surface area contributed by atoms with Gasteiger partial charge in [-0.2, -0.15) is 5.10 Å². The van der Waals surface area contributed by atoms with Gasteiger partial charge in [0.1, 0.15) is 5.60 Å². The van der Waals surface area contributed by atoms with Crippen LogP contribution in [0.2, 0.25) is 0 Å². The Balaban J connectivity index is 1.96. The second kappa shape index (κ2) is 3.84. The van der Waals surface area contributed by atoms with Crippen LogP contribution in [0, 0.1) is 11.8 Å². The number of hydrogen-bond donors (Lipinski definition) is 1. The summed E-state index contributed by atoms with van der Waals surface area (Å²) >= 11 is 0. The third-order valence-corrected chi connectivity index (χ3v) is 4.69. The highest BCUT2D eigenvalue weighted by molar-refractivity contribution is 5.29. The Kier molecular flexibility index (Phi) is 2.54. The van der Waals surface area contributed by atoms with Gasteiger partial charge in [-0.15, -0.1) is 0 Å². The van der Waals surface area contributed by atoms with Crippen molar-refractivity contribution in [3.63, 3.8) is 0 Å². The van der Waals surface area contributed by atoms with Gasteiger partial charge in [0.25, 0.3) is 0 Å². The summed E-state index contributed by atoms with van der Waals surface area (Å²) in [4.78, 5) is 0. The van der Waals surface area contributed by atoms with E-state index in [4.69, 9.17) is 0 Å². The molecule has 2 atom stereocenters. The highest BCUT2D eigenvalue weighted by Gasteiger charge is 2.66. The summed E-state index contributed by atoms with van der Waals surface area (Å²) in [5.41, 5.74) is 1.64. The molecule has 2 aliphatic carbocycles. The number of aryl methyl sites for hydroxylation is 2. The minimum atomic E-state index is -0.549. The molecule has 1 heterocycles. The summed E-state index contributed by atoms with van der Waals surface area (Å²) in [6, 6.07) is 2.13. The smallest absolute Gasteiger partial charge is 0.113 e. The fraction of sp³-hybridized carbons (Fsp3) is 0.786. The number of fused-ring (bicyclic) bond motifs is 1. The van der Waals surface area contributed by atoms with Crippen LogP contribution in [0.4, 0.5) is 0 Å². The van der Waals surface area contributed by atoms with Crippen molar-refractivity contribution >= 4 is 0 Å². The van der Waals surface area contributed by atoms with E-state index in [1.165, 1.54) is 25.7 Å². The summed E-state index contributed by atoms with van der Waals surface area (Å²) in [5.74, 6) is 1.01. The van der Waals surface area contributed by atoms with Crippen LogP contribution in [-0.2, 0) is 18.6 Å². The standard InChI is InChI=1S/C14H22N2O/c1-3-10-9-13(16(4-2)15-10)14(17)11-7-5-6-8-12(11)14/h9,11-12,17H,3-8H2,1-2H3. The highest BCUT2D eigenvalue weighted by Crippen LogP contribution is 2.64. The highest BCUT2D eigenvalue weighted by atomic mass is 16.3. The molecule has 2 unspecified atom stereocenters. The second-order valence-electron chi connectivity index (χ2n) is 5.51. The zero-order valence-electron chi connectivity index (χ0n) is 10.8. The van der Waals surface area contributed by atoms with E-state index in [-0.39, 0.29) is 0 Å². The predicted octanol–water partition coefficient (Wildman–Crippen LogP) is 2.47. The maximum absolute atomic E-state index is 10.9. The van der Waals surface area contributed by atoms with Crippen molar-refractivity contribution in [3.05, 3.63) is 17.5 Å². The zero-order valence-corrected chi connectivity index (χ0v) is 10.8. The van der Waals surface area contributed by atoms with Crippen LogP contribution in [0.25, 0.3) is 0 Å². The molecule has 0 bridgehead atoms. The quantitative estimate of drug-likeness (QED) is 0.872. The Morgan fingerprint density at radius 3 is 2.53 bits per heavy atom. The van der Waals surface area contributed by atoms with Gasteiger partial charge in [0.05, 0.1) is 11.4 Å². The molecular weight excluding hydrogens is 212 g/mol. The zero-order chi connectivity index (χ0) is 12.0. The van der Waals surface area contributed by atoms with Gasteiger partial charge < -0.3 is 5.11 Å². The van der Waals surface area contributed by atoms with Crippen LogP contribution in [0.3, 0.4) is 0 Å². The van der Waals surface area contributed by atoms with E-state index in [1.54, 1.807) is 0 Å². The Morgan fingerprint density at radius 2 is 2.00 bits per heavy atom. The van der Waals surface area contributed by atoms with Crippen molar-refractivity contribution in [1.29, 1.82) is 0 Å². The van der Waals surface area contributed by atoms with Gasteiger partial charge in [0.2, 0.25) is 0 Å². The van der Waals surface area contributed by atoms with E-state index in [0.29, 0.717) is 11.8 Å². The first-order valence-corrected chi connectivity index (χ1v) is 7.01. The first-order chi connectivity index (χ1) is 8.21. The summed E-state index contributed by atoms with van der Waals surface area (Å²) in [6.07, 6.45) is 5.90. The molecule has 17 heavy (non-hydrogen) atoms. The molecule has 3 nitrogen and oxygen atoms in total. The van der Waals surface area contributed by atoms with Gasteiger partial charge in [-0.25, -0.2) is 0 Å². The van der Waals surface area contributed by atoms with E-state index >= 15 is 0 Å². The average molecular weight is 234 g/mol. The molecule has 1 N–H and O–H groups in total. The summed E-state index contributed by atoms with van der Waals surface area (Å²) in [7, 11) is 0. The number of aromatic nitrogens is 2. The molecule has 2 fully saturated rings. The topological polar surface area (TPSA) is 38.0 Å². The van der Waals surface area contributed by atoms with Crippen molar-refractivity contribution in [2.45, 2.75) is 58.1 Å². The lowest BCUT2D eigenvalue weighted by atomic mass is 10.0. The van der Waals surface area contributed by atoms with Crippen molar-refractivity contribution in [2.24, 2.45) is 11.8 Å². The number of hydrogen-bond acceptors (Lipinski definition) is 2. The monoisotopic (exact) mass is 234 g/mol. The maximum Gasteiger partial charge on any atom is 0.113 e. The Hall–Kier alpha value is -0.830. The average Bonchev–Trinajstić information content (AvgIpc) is 2.79. The molecular formula is C14H22N2O. The van der Waals surface area contributed by atoms with Crippen LogP contribution >= 0.6 is 0 Å². The lowest BCUT2D eigenvalue weighted by molar-refractivity contribution is 0.107. The van der Waals surface area contributed by atoms with E-state index in [0.717, 1.165) is 24.4 Å². The predicted molar refractivity (Wildman–Crippen MR) is 66.6 cm³/mol. The SMILES string of the molecule is CCc1cc(C2(O)C3CCCCC32)n(CC)n1. The molecule has 3 heteroatoms. The largest absolute Gasteiger partial charge is 0.383 e. The van der Waals surface area contributed by atoms with Gasteiger partial charge in [-0.1, -0.05) is 19.8 Å². The van der Waals surface area contributed by atoms with E-state index in [9.17, 15) is 5.11 Å². The second-order valence-corrected chi connectivity index (χ2v) is 5.51. The van der Waals surface area contributed by atoms with Crippen LogP contribution in [0.15, 0.2) is 6.07 Å². The van der Waals surface area contributed by atoms with E-state index in [1.807, 2.05) is 4.68 Å². The molecule has 2 aliphatic rings. The Bertz CT molecular complexity index is 412. The molecule has 1 aromatic heterocycles. The minimum Gasteiger partial charge on any atom is -0.383 e. The summed E-state index contributed by atoms with van der Waals surface area (Å²) in [5, 5.41) is 15.5. The van der Waals surface area contributed by atoms with Crippen molar-refractivity contribution < 1.29 is 5.11 Å².